The molecule has 0 unspecified atom stereocenters. The van der Waals surface area contributed by atoms with E-state index < -0.39 is 11.7 Å². The number of methoxy groups -OCH3 is 1. The minimum Gasteiger partial charge on any atom is -0.493 e. The van der Waals surface area contributed by atoms with Crippen LogP contribution in [0.4, 0.5) is 10.1 Å². The van der Waals surface area contributed by atoms with E-state index >= 15 is 0 Å². The minimum atomic E-state index is -0.408. The highest BCUT2D eigenvalue weighted by molar-refractivity contribution is 6.30. The number of nitrogens with zero attached hydrogens (tertiary/aromatic N) is 1. The van der Waals surface area contributed by atoms with E-state index in [0.717, 1.165) is 0 Å². The fourth-order valence-corrected chi connectivity index (χ4v) is 2.71. The first-order valence-electron chi connectivity index (χ1n) is 9.40. The number of hydrazone groups is 1. The Labute approximate surface area is 188 Å². The lowest BCUT2D eigenvalue weighted by Gasteiger charge is -2.11. The topological polar surface area (TPSA) is 89.0 Å². The van der Waals surface area contributed by atoms with Crippen LogP contribution < -0.4 is 20.2 Å². The average Bonchev–Trinajstić information content (AvgIpc) is 2.80. The van der Waals surface area contributed by atoms with Gasteiger partial charge in [0, 0.05) is 16.3 Å². The summed E-state index contributed by atoms with van der Waals surface area (Å²) in [4.78, 5) is 24.1. The molecule has 0 aromatic heterocycles. The van der Waals surface area contributed by atoms with Gasteiger partial charge in [-0.25, -0.2) is 9.82 Å². The van der Waals surface area contributed by atoms with Gasteiger partial charge in [0.2, 0.25) is 0 Å². The maximum Gasteiger partial charge on any atom is 0.271 e. The Morgan fingerprint density at radius 2 is 1.75 bits per heavy atom. The standard InChI is InChI=1S/C23H19ClFN3O4/c1-31-21-12-15(13-26-28-23(30)16-3-5-17(24)6-4-16)2-11-20(21)32-14-22(29)27-19-9-7-18(25)8-10-19/h2-13H,14H2,1H3,(H,27,29)(H,28,30)/b26-13-. The van der Waals surface area contributed by atoms with Crippen LogP contribution in [0.1, 0.15) is 15.9 Å². The van der Waals surface area contributed by atoms with Crippen LogP contribution in [0.15, 0.2) is 71.8 Å². The fourth-order valence-electron chi connectivity index (χ4n) is 2.59. The van der Waals surface area contributed by atoms with Gasteiger partial charge in [-0.3, -0.25) is 9.59 Å². The zero-order valence-corrected chi connectivity index (χ0v) is 17.7. The lowest BCUT2D eigenvalue weighted by Crippen LogP contribution is -2.20. The number of hydrogen-bond donors (Lipinski definition) is 2. The molecule has 0 aliphatic rings. The first kappa shape index (κ1) is 22.8. The minimum absolute atomic E-state index is 0.266. The van der Waals surface area contributed by atoms with Crippen molar-refractivity contribution >= 4 is 35.3 Å². The normalized spacial score (nSPS) is 10.6. The number of nitrogens with one attached hydrogen (secondary N) is 2. The van der Waals surface area contributed by atoms with Gasteiger partial charge in [0.15, 0.2) is 18.1 Å². The lowest BCUT2D eigenvalue weighted by atomic mass is 10.2. The van der Waals surface area contributed by atoms with Crippen LogP contribution in [0.5, 0.6) is 11.5 Å². The number of hydrogen-bond acceptors (Lipinski definition) is 5. The molecular weight excluding hydrogens is 437 g/mol. The van der Waals surface area contributed by atoms with Crippen molar-refractivity contribution in [2.75, 3.05) is 19.0 Å². The van der Waals surface area contributed by atoms with Gasteiger partial charge in [-0.15, -0.1) is 0 Å². The van der Waals surface area contributed by atoms with Gasteiger partial charge in [-0.05, 0) is 72.3 Å². The van der Waals surface area contributed by atoms with E-state index in [1.807, 2.05) is 0 Å². The predicted octanol–water partition coefficient (Wildman–Crippen LogP) is 4.27. The number of anilines is 1. The Balaban J connectivity index is 1.55. The van der Waals surface area contributed by atoms with Gasteiger partial charge in [-0.1, -0.05) is 11.6 Å². The molecule has 9 heteroatoms. The van der Waals surface area contributed by atoms with Crippen LogP contribution in [0.2, 0.25) is 5.02 Å². The molecule has 0 atom stereocenters. The summed E-state index contributed by atoms with van der Waals surface area (Å²) >= 11 is 5.81. The fraction of sp³-hybridized carbons (Fsp3) is 0.0870. The second kappa shape index (κ2) is 10.9. The first-order valence-corrected chi connectivity index (χ1v) is 9.77. The zero-order valence-electron chi connectivity index (χ0n) is 17.0. The van der Waals surface area contributed by atoms with Gasteiger partial charge >= 0.3 is 0 Å². The molecule has 7 nitrogen and oxygen atoms in total. The quantitative estimate of drug-likeness (QED) is 0.392. The molecule has 0 aliphatic carbocycles. The molecule has 3 aromatic rings. The lowest BCUT2D eigenvalue weighted by molar-refractivity contribution is -0.118. The number of rotatable bonds is 8. The highest BCUT2D eigenvalue weighted by Crippen LogP contribution is 2.27. The van der Waals surface area contributed by atoms with Crippen LogP contribution >= 0.6 is 11.6 Å². The van der Waals surface area contributed by atoms with Crippen molar-refractivity contribution in [2.45, 2.75) is 0 Å². The molecule has 3 aromatic carbocycles. The molecule has 0 aliphatic heterocycles. The number of halogens is 2. The van der Waals surface area contributed by atoms with Crippen LogP contribution in [-0.2, 0) is 4.79 Å². The van der Waals surface area contributed by atoms with Gasteiger partial charge in [-0.2, -0.15) is 5.10 Å². The third-order valence-electron chi connectivity index (χ3n) is 4.16. The molecule has 0 saturated heterocycles. The van der Waals surface area contributed by atoms with Crippen molar-refractivity contribution in [1.82, 2.24) is 5.43 Å². The van der Waals surface area contributed by atoms with E-state index in [4.69, 9.17) is 21.1 Å². The molecule has 0 saturated carbocycles. The van der Waals surface area contributed by atoms with E-state index in [1.54, 1.807) is 42.5 Å². The van der Waals surface area contributed by atoms with Crippen LogP contribution in [0.3, 0.4) is 0 Å². The van der Waals surface area contributed by atoms with E-state index in [9.17, 15) is 14.0 Å². The molecule has 164 valence electrons. The Hall–Kier alpha value is -3.91. The van der Waals surface area contributed by atoms with Gasteiger partial charge < -0.3 is 14.8 Å². The monoisotopic (exact) mass is 455 g/mol. The Morgan fingerprint density at radius 1 is 1.03 bits per heavy atom. The Kier molecular flexibility index (Phi) is 7.77. The molecule has 0 heterocycles. The van der Waals surface area contributed by atoms with Crippen molar-refractivity contribution in [3.05, 3.63) is 88.7 Å². The summed E-state index contributed by atoms with van der Waals surface area (Å²) in [7, 11) is 1.46. The summed E-state index contributed by atoms with van der Waals surface area (Å²) in [5, 5.41) is 7.07. The van der Waals surface area contributed by atoms with Crippen LogP contribution in [-0.4, -0.2) is 31.7 Å². The Morgan fingerprint density at radius 3 is 2.44 bits per heavy atom. The SMILES string of the molecule is COc1cc(/C=N\NC(=O)c2ccc(Cl)cc2)ccc1OCC(=O)Nc1ccc(F)cc1. The second-order valence-electron chi connectivity index (χ2n) is 6.46. The van der Waals surface area contributed by atoms with E-state index in [1.165, 1.54) is 37.6 Å². The molecule has 0 fully saturated rings. The van der Waals surface area contributed by atoms with Crippen molar-refractivity contribution in [3.8, 4) is 11.5 Å². The highest BCUT2D eigenvalue weighted by Gasteiger charge is 2.09. The smallest absolute Gasteiger partial charge is 0.271 e. The third kappa shape index (κ3) is 6.55. The van der Waals surface area contributed by atoms with Crippen molar-refractivity contribution in [2.24, 2.45) is 5.10 Å². The zero-order chi connectivity index (χ0) is 22.9. The molecule has 2 amide bonds. The maximum atomic E-state index is 12.9. The number of carbonyl (C=O) groups excluding carboxylic acids is 2. The summed E-state index contributed by atoms with van der Waals surface area (Å²) in [6.45, 7) is -0.266. The largest absolute Gasteiger partial charge is 0.493 e. The Bertz CT molecular complexity index is 1120. The summed E-state index contributed by atoms with van der Waals surface area (Å²) in [5.41, 5.74) is 3.95. The summed E-state index contributed by atoms with van der Waals surface area (Å²) in [6, 6.07) is 16.8. The summed E-state index contributed by atoms with van der Waals surface area (Å²) in [6.07, 6.45) is 1.45. The van der Waals surface area contributed by atoms with Crippen LogP contribution in [0, 0.1) is 5.82 Å². The van der Waals surface area contributed by atoms with Crippen molar-refractivity contribution in [3.63, 3.8) is 0 Å². The summed E-state index contributed by atoms with van der Waals surface area (Å²) < 4.78 is 23.7. The number of amides is 2. The van der Waals surface area contributed by atoms with E-state index in [-0.39, 0.29) is 12.5 Å². The van der Waals surface area contributed by atoms with Crippen molar-refractivity contribution < 1.29 is 23.5 Å². The molecular formula is C23H19ClFN3O4. The number of carbonyl (C=O) groups is 2. The summed E-state index contributed by atoms with van der Waals surface area (Å²) in [5.74, 6) is -0.444. The predicted molar refractivity (Wildman–Crippen MR) is 120 cm³/mol. The molecule has 0 spiro atoms. The van der Waals surface area contributed by atoms with Gasteiger partial charge in [0.05, 0.1) is 13.3 Å². The van der Waals surface area contributed by atoms with E-state index in [0.29, 0.717) is 33.3 Å². The van der Waals surface area contributed by atoms with Gasteiger partial charge in [0.1, 0.15) is 5.82 Å². The molecule has 0 bridgehead atoms. The molecule has 3 rings (SSSR count). The average molecular weight is 456 g/mol. The molecule has 32 heavy (non-hydrogen) atoms. The second-order valence-corrected chi connectivity index (χ2v) is 6.90. The first-order chi connectivity index (χ1) is 15.4. The van der Waals surface area contributed by atoms with Crippen molar-refractivity contribution in [1.29, 1.82) is 0 Å². The third-order valence-corrected chi connectivity index (χ3v) is 4.41. The maximum absolute atomic E-state index is 12.9. The number of benzene rings is 3. The highest BCUT2D eigenvalue weighted by atomic mass is 35.5. The van der Waals surface area contributed by atoms with Crippen LogP contribution in [0.25, 0.3) is 0 Å². The van der Waals surface area contributed by atoms with Gasteiger partial charge in [0.25, 0.3) is 11.8 Å². The van der Waals surface area contributed by atoms with E-state index in [2.05, 4.69) is 15.8 Å². The molecule has 0 radical (unpaired) electrons. The molecule has 2 N–H and O–H groups in total. The number of ether oxygens (including phenoxy) is 2.